The van der Waals surface area contributed by atoms with Crippen molar-refractivity contribution in [3.8, 4) is 0 Å². The highest BCUT2D eigenvalue weighted by Crippen LogP contribution is 2.17. The zero-order valence-corrected chi connectivity index (χ0v) is 10.9. The Morgan fingerprint density at radius 1 is 1.33 bits per heavy atom. The van der Waals surface area contributed by atoms with Crippen molar-refractivity contribution in [1.82, 2.24) is 5.32 Å². The average Bonchev–Trinajstić information content (AvgIpc) is 2.13. The molecule has 0 aliphatic rings. The van der Waals surface area contributed by atoms with Gasteiger partial charge in [0.2, 0.25) is 5.91 Å². The van der Waals surface area contributed by atoms with E-state index in [0.29, 0.717) is 5.92 Å². The summed E-state index contributed by atoms with van der Waals surface area (Å²) in [5.41, 5.74) is 5.69. The summed E-state index contributed by atoms with van der Waals surface area (Å²) in [5.74, 6) is 0.441. The van der Waals surface area contributed by atoms with Gasteiger partial charge in [0.1, 0.15) is 0 Å². The Labute approximate surface area is 93.8 Å². The lowest BCUT2D eigenvalue weighted by molar-refractivity contribution is -0.125. The van der Waals surface area contributed by atoms with Crippen LogP contribution in [-0.2, 0) is 4.79 Å². The van der Waals surface area contributed by atoms with Crippen molar-refractivity contribution in [2.45, 2.75) is 60.0 Å². The molecule has 0 spiro atoms. The van der Waals surface area contributed by atoms with Crippen LogP contribution in [0.3, 0.4) is 0 Å². The van der Waals surface area contributed by atoms with Gasteiger partial charge in [0, 0.05) is 6.04 Å². The molecule has 3 N–H and O–H groups in total. The molecule has 0 saturated carbocycles. The van der Waals surface area contributed by atoms with Gasteiger partial charge in [0.15, 0.2) is 0 Å². The van der Waals surface area contributed by atoms with Gasteiger partial charge in [-0.05, 0) is 18.3 Å². The third-order valence-corrected chi connectivity index (χ3v) is 3.08. The number of carbonyl (C=O) groups excluding carboxylic acids is 1. The van der Waals surface area contributed by atoms with E-state index in [1.807, 2.05) is 27.7 Å². The maximum atomic E-state index is 11.8. The summed E-state index contributed by atoms with van der Waals surface area (Å²) in [4.78, 5) is 11.8. The van der Waals surface area contributed by atoms with Crippen LogP contribution in [-0.4, -0.2) is 18.0 Å². The van der Waals surface area contributed by atoms with Gasteiger partial charge in [-0.2, -0.15) is 0 Å². The summed E-state index contributed by atoms with van der Waals surface area (Å²) in [5, 5.41) is 2.97. The van der Waals surface area contributed by atoms with E-state index in [2.05, 4.69) is 19.2 Å². The van der Waals surface area contributed by atoms with Crippen molar-refractivity contribution in [3.05, 3.63) is 0 Å². The van der Waals surface area contributed by atoms with Crippen LogP contribution in [0.15, 0.2) is 0 Å². The van der Waals surface area contributed by atoms with Gasteiger partial charge in [-0.25, -0.2) is 0 Å². The molecule has 0 fully saturated rings. The summed E-state index contributed by atoms with van der Waals surface area (Å²) in [7, 11) is 0. The van der Waals surface area contributed by atoms with E-state index in [4.69, 9.17) is 5.73 Å². The monoisotopic (exact) mass is 214 g/mol. The third kappa shape index (κ3) is 4.65. The Bertz CT molecular complexity index is 208. The highest BCUT2D eigenvalue weighted by atomic mass is 16.2. The minimum atomic E-state index is -0.441. The van der Waals surface area contributed by atoms with Gasteiger partial charge >= 0.3 is 0 Å². The molecule has 0 bridgehead atoms. The molecule has 0 heterocycles. The third-order valence-electron chi connectivity index (χ3n) is 3.08. The van der Waals surface area contributed by atoms with Gasteiger partial charge < -0.3 is 11.1 Å². The molecular weight excluding hydrogens is 188 g/mol. The van der Waals surface area contributed by atoms with E-state index in [9.17, 15) is 4.79 Å². The molecule has 3 heteroatoms. The predicted octanol–water partition coefficient (Wildman–Crippen LogP) is 1.91. The maximum Gasteiger partial charge on any atom is 0.237 e. The molecule has 3 nitrogen and oxygen atoms in total. The summed E-state index contributed by atoms with van der Waals surface area (Å²) in [6.45, 7) is 12.2. The van der Waals surface area contributed by atoms with Crippen LogP contribution in [0.25, 0.3) is 0 Å². The normalized spacial score (nSPS) is 18.1. The molecule has 0 saturated heterocycles. The molecule has 0 rings (SSSR count). The summed E-state index contributed by atoms with van der Waals surface area (Å²) in [6.07, 6.45) is 1.06. The van der Waals surface area contributed by atoms with Crippen LogP contribution in [0.5, 0.6) is 0 Å². The number of rotatable bonds is 4. The Morgan fingerprint density at radius 2 is 1.80 bits per heavy atom. The fraction of sp³-hybridized carbons (Fsp3) is 0.917. The fourth-order valence-corrected chi connectivity index (χ4v) is 1.20. The molecule has 15 heavy (non-hydrogen) atoms. The first kappa shape index (κ1) is 14.4. The smallest absolute Gasteiger partial charge is 0.237 e. The number of amides is 1. The maximum absolute atomic E-state index is 11.8. The van der Waals surface area contributed by atoms with Gasteiger partial charge in [0.05, 0.1) is 6.04 Å². The van der Waals surface area contributed by atoms with E-state index in [1.54, 1.807) is 0 Å². The predicted molar refractivity (Wildman–Crippen MR) is 64.5 cm³/mol. The average molecular weight is 214 g/mol. The molecule has 0 aromatic rings. The van der Waals surface area contributed by atoms with Crippen molar-refractivity contribution < 1.29 is 4.79 Å². The number of nitrogens with one attached hydrogen (secondary N) is 1. The summed E-state index contributed by atoms with van der Waals surface area (Å²) < 4.78 is 0. The molecule has 3 atom stereocenters. The molecule has 3 unspecified atom stereocenters. The molecule has 1 amide bonds. The number of nitrogens with two attached hydrogens (primary N) is 1. The van der Waals surface area contributed by atoms with Crippen LogP contribution in [0.1, 0.15) is 48.0 Å². The molecule has 0 aromatic heterocycles. The first-order valence-corrected chi connectivity index (χ1v) is 5.76. The van der Waals surface area contributed by atoms with E-state index in [-0.39, 0.29) is 17.4 Å². The van der Waals surface area contributed by atoms with Crippen LogP contribution < -0.4 is 11.1 Å². The lowest BCUT2D eigenvalue weighted by Gasteiger charge is -2.28. The quantitative estimate of drug-likeness (QED) is 0.751. The number of hydrogen-bond acceptors (Lipinski definition) is 2. The van der Waals surface area contributed by atoms with Crippen molar-refractivity contribution >= 4 is 5.91 Å². The Kier molecular flexibility index (Phi) is 5.29. The van der Waals surface area contributed by atoms with Crippen molar-refractivity contribution in [3.63, 3.8) is 0 Å². The van der Waals surface area contributed by atoms with E-state index < -0.39 is 6.04 Å². The molecule has 0 aliphatic carbocycles. The first-order valence-electron chi connectivity index (χ1n) is 5.76. The second-order valence-electron chi connectivity index (χ2n) is 5.53. The molecule has 90 valence electrons. The van der Waals surface area contributed by atoms with Gasteiger partial charge in [-0.3, -0.25) is 4.79 Å². The van der Waals surface area contributed by atoms with Crippen LogP contribution in [0.2, 0.25) is 0 Å². The topological polar surface area (TPSA) is 55.1 Å². The van der Waals surface area contributed by atoms with Gasteiger partial charge in [-0.15, -0.1) is 0 Å². The minimum absolute atomic E-state index is 0.0460. The second kappa shape index (κ2) is 5.50. The zero-order valence-electron chi connectivity index (χ0n) is 10.9. The molecule has 0 aromatic carbocycles. The van der Waals surface area contributed by atoms with Crippen LogP contribution >= 0.6 is 0 Å². The Balaban J connectivity index is 4.26. The highest BCUT2D eigenvalue weighted by Gasteiger charge is 2.28. The van der Waals surface area contributed by atoms with Crippen molar-refractivity contribution in [1.29, 1.82) is 0 Å². The Hall–Kier alpha value is -0.570. The van der Waals surface area contributed by atoms with E-state index in [1.165, 1.54) is 0 Å². The van der Waals surface area contributed by atoms with Crippen LogP contribution in [0, 0.1) is 11.3 Å². The number of hydrogen-bond donors (Lipinski definition) is 2. The number of carbonyl (C=O) groups is 1. The lowest BCUT2D eigenvalue weighted by atomic mass is 9.86. The molecule has 0 aliphatic heterocycles. The highest BCUT2D eigenvalue weighted by molar-refractivity contribution is 5.82. The minimum Gasteiger partial charge on any atom is -0.352 e. The van der Waals surface area contributed by atoms with E-state index >= 15 is 0 Å². The SMILES string of the molecule is CCC(C)C(C)NC(=O)C(N)C(C)(C)C. The first-order chi connectivity index (χ1) is 6.70. The summed E-state index contributed by atoms with van der Waals surface area (Å²) >= 11 is 0. The molecular formula is C12H26N2O. The summed E-state index contributed by atoms with van der Waals surface area (Å²) in [6, 6.07) is -0.250. The van der Waals surface area contributed by atoms with Crippen LogP contribution in [0.4, 0.5) is 0 Å². The Morgan fingerprint density at radius 3 is 2.13 bits per heavy atom. The van der Waals surface area contributed by atoms with Crippen molar-refractivity contribution in [2.75, 3.05) is 0 Å². The van der Waals surface area contributed by atoms with Gasteiger partial charge in [-0.1, -0.05) is 41.0 Å². The zero-order chi connectivity index (χ0) is 12.2. The standard InChI is InChI=1S/C12H26N2O/c1-7-8(2)9(3)14-11(15)10(13)12(4,5)6/h8-10H,7,13H2,1-6H3,(H,14,15). The second-order valence-corrected chi connectivity index (χ2v) is 5.53. The van der Waals surface area contributed by atoms with Gasteiger partial charge in [0.25, 0.3) is 0 Å². The fourth-order valence-electron chi connectivity index (χ4n) is 1.20. The lowest BCUT2D eigenvalue weighted by Crippen LogP contribution is -2.51. The molecule has 0 radical (unpaired) electrons. The van der Waals surface area contributed by atoms with Crippen molar-refractivity contribution in [2.24, 2.45) is 17.1 Å². The van der Waals surface area contributed by atoms with E-state index in [0.717, 1.165) is 6.42 Å². The largest absolute Gasteiger partial charge is 0.352 e.